The molecule has 2 N–H and O–H groups in total. The Morgan fingerprint density at radius 1 is 1.00 bits per heavy atom. The third-order valence-corrected chi connectivity index (χ3v) is 3.03. The summed E-state index contributed by atoms with van der Waals surface area (Å²) in [5.41, 5.74) is 0.652. The van der Waals surface area contributed by atoms with E-state index in [-0.39, 0.29) is 17.5 Å². The molecule has 0 saturated carbocycles. The highest BCUT2D eigenvalue weighted by Crippen LogP contribution is 2.22. The molecule has 0 aliphatic rings. The van der Waals surface area contributed by atoms with Gasteiger partial charge < -0.3 is 10.6 Å². The summed E-state index contributed by atoms with van der Waals surface area (Å²) in [7, 11) is 0. The van der Waals surface area contributed by atoms with Crippen molar-refractivity contribution in [3.8, 4) is 0 Å². The minimum atomic E-state index is -1.56. The summed E-state index contributed by atoms with van der Waals surface area (Å²) < 4.78 is 39.8. The van der Waals surface area contributed by atoms with Gasteiger partial charge in [-0.25, -0.2) is 13.2 Å². The first-order valence-electron chi connectivity index (χ1n) is 6.86. The molecule has 0 aliphatic heterocycles. The average molecular weight is 332 g/mol. The molecule has 122 valence electrons. The summed E-state index contributed by atoms with van der Waals surface area (Å²) in [5, 5.41) is 13.0. The van der Waals surface area contributed by atoms with Crippen molar-refractivity contribution in [3.05, 3.63) is 65.9 Å². The second-order valence-electron chi connectivity index (χ2n) is 4.73. The average Bonchev–Trinajstić information content (AvgIpc) is 2.62. The third kappa shape index (κ3) is 3.57. The summed E-state index contributed by atoms with van der Waals surface area (Å²) >= 11 is 0. The molecule has 0 saturated heterocycles. The normalized spacial score (nSPS) is 10.5. The first-order chi connectivity index (χ1) is 11.6. The number of rotatable bonds is 5. The van der Waals surface area contributed by atoms with Gasteiger partial charge in [-0.3, -0.25) is 4.98 Å². The Kier molecular flexibility index (Phi) is 4.50. The minimum absolute atomic E-state index is 0.128. The number of hydrogen-bond donors (Lipinski definition) is 2. The lowest BCUT2D eigenvalue weighted by Gasteiger charge is -2.09. The topological polar surface area (TPSA) is 75.6 Å². The SMILES string of the molecule is Fc1ccc(Nc2cnnc(NCc3cccnc3)n2)c(F)c1F. The fraction of sp³-hybridized carbons (Fsp3) is 0.0667. The number of benzene rings is 1. The van der Waals surface area contributed by atoms with Gasteiger partial charge in [0.25, 0.3) is 0 Å². The predicted octanol–water partition coefficient (Wildman–Crippen LogP) is 3.04. The van der Waals surface area contributed by atoms with E-state index in [0.717, 1.165) is 17.7 Å². The molecule has 3 rings (SSSR count). The molecule has 3 aromatic rings. The van der Waals surface area contributed by atoms with Gasteiger partial charge >= 0.3 is 0 Å². The predicted molar refractivity (Wildman–Crippen MR) is 81.0 cm³/mol. The van der Waals surface area contributed by atoms with Crippen LogP contribution < -0.4 is 10.6 Å². The van der Waals surface area contributed by atoms with Crippen molar-refractivity contribution in [2.24, 2.45) is 0 Å². The van der Waals surface area contributed by atoms with Crippen LogP contribution in [0.3, 0.4) is 0 Å². The van der Waals surface area contributed by atoms with Crippen molar-refractivity contribution in [2.45, 2.75) is 6.54 Å². The maximum atomic E-state index is 13.7. The Morgan fingerprint density at radius 3 is 2.67 bits per heavy atom. The molecule has 0 unspecified atom stereocenters. The lowest BCUT2D eigenvalue weighted by molar-refractivity contribution is 0.449. The Morgan fingerprint density at radius 2 is 1.88 bits per heavy atom. The molecular weight excluding hydrogens is 321 g/mol. The summed E-state index contributed by atoms with van der Waals surface area (Å²) in [6, 6.07) is 5.54. The van der Waals surface area contributed by atoms with Gasteiger partial charge in [0.2, 0.25) is 5.95 Å². The third-order valence-electron chi connectivity index (χ3n) is 3.03. The lowest BCUT2D eigenvalue weighted by atomic mass is 10.3. The number of pyridine rings is 1. The van der Waals surface area contributed by atoms with E-state index in [0.29, 0.717) is 6.54 Å². The van der Waals surface area contributed by atoms with Crippen molar-refractivity contribution < 1.29 is 13.2 Å². The Hall–Kier alpha value is -3.23. The summed E-state index contributed by atoms with van der Waals surface area (Å²) in [5.74, 6) is -3.84. The zero-order valence-electron chi connectivity index (χ0n) is 12.2. The summed E-state index contributed by atoms with van der Waals surface area (Å²) in [6.45, 7) is 0.415. The fourth-order valence-corrected chi connectivity index (χ4v) is 1.88. The van der Waals surface area contributed by atoms with Gasteiger partial charge in [-0.1, -0.05) is 6.07 Å². The highest BCUT2D eigenvalue weighted by Gasteiger charge is 2.14. The van der Waals surface area contributed by atoms with E-state index >= 15 is 0 Å². The second kappa shape index (κ2) is 6.90. The minimum Gasteiger partial charge on any atom is -0.349 e. The van der Waals surface area contributed by atoms with Crippen molar-refractivity contribution >= 4 is 17.5 Å². The van der Waals surface area contributed by atoms with E-state index in [1.54, 1.807) is 18.5 Å². The number of hydrogen-bond acceptors (Lipinski definition) is 6. The van der Waals surface area contributed by atoms with E-state index in [9.17, 15) is 13.2 Å². The highest BCUT2D eigenvalue weighted by atomic mass is 19.2. The van der Waals surface area contributed by atoms with Gasteiger partial charge in [0, 0.05) is 18.9 Å². The highest BCUT2D eigenvalue weighted by molar-refractivity contribution is 5.57. The molecule has 0 amide bonds. The number of nitrogens with zero attached hydrogens (tertiary/aromatic N) is 4. The Labute approximate surface area is 134 Å². The molecule has 0 radical (unpaired) electrons. The zero-order valence-corrected chi connectivity index (χ0v) is 12.2. The molecular formula is C15H11F3N6. The molecule has 0 atom stereocenters. The molecule has 1 aromatic carbocycles. The van der Waals surface area contributed by atoms with Crippen LogP contribution in [0.4, 0.5) is 30.6 Å². The van der Waals surface area contributed by atoms with Crippen LogP contribution in [0.5, 0.6) is 0 Å². The largest absolute Gasteiger partial charge is 0.349 e. The fourth-order valence-electron chi connectivity index (χ4n) is 1.88. The van der Waals surface area contributed by atoms with Crippen molar-refractivity contribution in [2.75, 3.05) is 10.6 Å². The maximum absolute atomic E-state index is 13.7. The lowest BCUT2D eigenvalue weighted by Crippen LogP contribution is -2.07. The van der Waals surface area contributed by atoms with Gasteiger partial charge in [-0.2, -0.15) is 10.1 Å². The molecule has 6 nitrogen and oxygen atoms in total. The molecule has 0 aliphatic carbocycles. The first kappa shape index (κ1) is 15.7. The van der Waals surface area contributed by atoms with Gasteiger partial charge in [-0.05, 0) is 23.8 Å². The van der Waals surface area contributed by atoms with Crippen LogP contribution in [0, 0.1) is 17.5 Å². The molecule has 0 fully saturated rings. The van der Waals surface area contributed by atoms with Gasteiger partial charge in [0.1, 0.15) is 0 Å². The Bertz CT molecular complexity index is 844. The van der Waals surface area contributed by atoms with Gasteiger partial charge in [0.05, 0.1) is 11.9 Å². The first-order valence-corrected chi connectivity index (χ1v) is 6.86. The van der Waals surface area contributed by atoms with E-state index in [1.165, 1.54) is 6.20 Å². The summed E-state index contributed by atoms with van der Waals surface area (Å²) in [6.07, 6.45) is 4.57. The molecule has 2 aromatic heterocycles. The van der Waals surface area contributed by atoms with Crippen LogP contribution in [-0.2, 0) is 6.54 Å². The van der Waals surface area contributed by atoms with Crippen LogP contribution >= 0.6 is 0 Å². The van der Waals surface area contributed by atoms with Crippen LogP contribution in [0.2, 0.25) is 0 Å². The Balaban J connectivity index is 1.73. The molecule has 9 heteroatoms. The van der Waals surface area contributed by atoms with Crippen LogP contribution in [0.1, 0.15) is 5.56 Å². The number of halogens is 3. The van der Waals surface area contributed by atoms with E-state index in [4.69, 9.17) is 0 Å². The zero-order chi connectivity index (χ0) is 16.9. The van der Waals surface area contributed by atoms with Gasteiger partial charge in [-0.15, -0.1) is 5.10 Å². The number of nitrogens with one attached hydrogen (secondary N) is 2. The molecule has 24 heavy (non-hydrogen) atoms. The maximum Gasteiger partial charge on any atom is 0.244 e. The number of anilines is 3. The van der Waals surface area contributed by atoms with Crippen molar-refractivity contribution in [1.82, 2.24) is 20.2 Å². The van der Waals surface area contributed by atoms with Gasteiger partial charge in [0.15, 0.2) is 23.3 Å². The standard InChI is InChI=1S/C15H11F3N6/c16-10-3-4-11(14(18)13(10)17)22-12-8-21-24-15(23-12)20-7-9-2-1-5-19-6-9/h1-6,8H,7H2,(H2,20,22,23,24). The van der Waals surface area contributed by atoms with Crippen LogP contribution in [0.25, 0.3) is 0 Å². The van der Waals surface area contributed by atoms with E-state index in [2.05, 4.69) is 30.8 Å². The van der Waals surface area contributed by atoms with E-state index < -0.39 is 17.5 Å². The van der Waals surface area contributed by atoms with E-state index in [1.807, 2.05) is 6.07 Å². The molecule has 0 bridgehead atoms. The quantitative estimate of drug-likeness (QED) is 0.700. The van der Waals surface area contributed by atoms with Crippen molar-refractivity contribution in [1.29, 1.82) is 0 Å². The second-order valence-corrected chi connectivity index (χ2v) is 4.73. The molecule has 0 spiro atoms. The monoisotopic (exact) mass is 332 g/mol. The molecule has 2 heterocycles. The summed E-state index contributed by atoms with van der Waals surface area (Å²) in [4.78, 5) is 8.06. The van der Waals surface area contributed by atoms with Crippen LogP contribution in [-0.4, -0.2) is 20.2 Å². The van der Waals surface area contributed by atoms with Crippen molar-refractivity contribution in [3.63, 3.8) is 0 Å². The smallest absolute Gasteiger partial charge is 0.244 e. The van der Waals surface area contributed by atoms with Crippen LogP contribution in [0.15, 0.2) is 42.9 Å². The number of aromatic nitrogens is 4.